The monoisotopic (exact) mass is 306 g/mol. The molecule has 3 aliphatic carbocycles. The lowest BCUT2D eigenvalue weighted by molar-refractivity contribution is -0.151. The van der Waals surface area contributed by atoms with Crippen molar-refractivity contribution in [3.05, 3.63) is 12.2 Å². The highest BCUT2D eigenvalue weighted by Gasteiger charge is 2.40. The molecule has 2 bridgehead atoms. The van der Waals surface area contributed by atoms with Gasteiger partial charge < -0.3 is 9.47 Å². The summed E-state index contributed by atoms with van der Waals surface area (Å²) in [6, 6.07) is 0. The highest BCUT2D eigenvalue weighted by Crippen LogP contribution is 2.44. The van der Waals surface area contributed by atoms with Crippen molar-refractivity contribution in [1.29, 1.82) is 0 Å². The maximum absolute atomic E-state index is 12.2. The van der Waals surface area contributed by atoms with Crippen LogP contribution in [0.15, 0.2) is 12.2 Å². The zero-order chi connectivity index (χ0) is 15.5. The van der Waals surface area contributed by atoms with E-state index < -0.39 is 0 Å². The van der Waals surface area contributed by atoms with Crippen molar-refractivity contribution in [3.8, 4) is 0 Å². The zero-order valence-corrected chi connectivity index (χ0v) is 13.3. The van der Waals surface area contributed by atoms with E-state index in [1.165, 1.54) is 6.92 Å². The van der Waals surface area contributed by atoms with Crippen LogP contribution < -0.4 is 0 Å². The van der Waals surface area contributed by atoms with E-state index in [9.17, 15) is 9.59 Å². The van der Waals surface area contributed by atoms with Crippen LogP contribution in [-0.4, -0.2) is 25.2 Å². The van der Waals surface area contributed by atoms with Crippen LogP contribution in [0.5, 0.6) is 0 Å². The molecule has 2 fully saturated rings. The van der Waals surface area contributed by atoms with Gasteiger partial charge in [0.2, 0.25) is 0 Å². The second-order valence-electron chi connectivity index (χ2n) is 7.21. The lowest BCUT2D eigenvalue weighted by atomic mass is 9.83. The normalized spacial score (nSPS) is 36.3. The Morgan fingerprint density at radius 1 is 0.955 bits per heavy atom. The van der Waals surface area contributed by atoms with E-state index in [1.807, 2.05) is 0 Å². The summed E-state index contributed by atoms with van der Waals surface area (Å²) in [6.45, 7) is 2.56. The third-order valence-corrected chi connectivity index (χ3v) is 5.53. The number of hydrogen-bond donors (Lipinski definition) is 0. The number of carbonyl (C=O) groups is 2. The molecule has 0 aromatic carbocycles. The van der Waals surface area contributed by atoms with Crippen molar-refractivity contribution < 1.29 is 19.1 Å². The molecule has 0 saturated heterocycles. The van der Waals surface area contributed by atoms with Gasteiger partial charge in [0, 0.05) is 6.92 Å². The third kappa shape index (κ3) is 3.71. The summed E-state index contributed by atoms with van der Waals surface area (Å²) in [5.74, 6) is 1.92. The molecule has 0 amide bonds. The Bertz CT molecular complexity index is 448. The van der Waals surface area contributed by atoms with Gasteiger partial charge in [-0.25, -0.2) is 0 Å². The molecule has 0 aromatic heterocycles. The molecule has 4 nitrogen and oxygen atoms in total. The molecule has 0 heterocycles. The van der Waals surface area contributed by atoms with Crippen LogP contribution >= 0.6 is 0 Å². The predicted molar refractivity (Wildman–Crippen MR) is 81.9 cm³/mol. The molecule has 0 radical (unpaired) electrons. The molecule has 3 atom stereocenters. The Morgan fingerprint density at radius 2 is 1.59 bits per heavy atom. The fourth-order valence-corrected chi connectivity index (χ4v) is 4.16. The van der Waals surface area contributed by atoms with Gasteiger partial charge in [-0.2, -0.15) is 0 Å². The topological polar surface area (TPSA) is 52.6 Å². The fraction of sp³-hybridized carbons (Fsp3) is 0.778. The first-order valence-electron chi connectivity index (χ1n) is 8.60. The molecule has 122 valence electrons. The second-order valence-corrected chi connectivity index (χ2v) is 7.21. The number of carbonyl (C=O) groups excluding carboxylic acids is 2. The summed E-state index contributed by atoms with van der Waals surface area (Å²) >= 11 is 0. The van der Waals surface area contributed by atoms with Gasteiger partial charge in [0.25, 0.3) is 0 Å². The number of allylic oxidation sites excluding steroid dienone is 2. The minimum absolute atomic E-state index is 0.0129. The summed E-state index contributed by atoms with van der Waals surface area (Å²) < 4.78 is 10.7. The molecule has 3 unspecified atom stereocenters. The Labute approximate surface area is 132 Å². The van der Waals surface area contributed by atoms with Gasteiger partial charge in [-0.15, -0.1) is 0 Å². The van der Waals surface area contributed by atoms with Crippen molar-refractivity contribution in [1.82, 2.24) is 0 Å². The smallest absolute Gasteiger partial charge is 0.309 e. The van der Waals surface area contributed by atoms with Crippen molar-refractivity contribution in [2.45, 2.75) is 45.4 Å². The molecular formula is C18H26O4. The van der Waals surface area contributed by atoms with Crippen LogP contribution in [0.4, 0.5) is 0 Å². The summed E-state index contributed by atoms with van der Waals surface area (Å²) in [4.78, 5) is 23.0. The van der Waals surface area contributed by atoms with Crippen molar-refractivity contribution in [2.75, 3.05) is 13.2 Å². The van der Waals surface area contributed by atoms with Gasteiger partial charge in [0.15, 0.2) is 0 Å². The van der Waals surface area contributed by atoms with Gasteiger partial charge in [-0.05, 0) is 62.2 Å². The first-order valence-corrected chi connectivity index (χ1v) is 8.60. The van der Waals surface area contributed by atoms with E-state index >= 15 is 0 Å². The van der Waals surface area contributed by atoms with Crippen molar-refractivity contribution in [2.24, 2.45) is 29.6 Å². The van der Waals surface area contributed by atoms with Crippen LogP contribution in [0.25, 0.3) is 0 Å². The van der Waals surface area contributed by atoms with E-state index in [0.29, 0.717) is 36.9 Å². The number of esters is 2. The van der Waals surface area contributed by atoms with Crippen LogP contribution in [0.1, 0.15) is 45.4 Å². The second kappa shape index (κ2) is 6.84. The van der Waals surface area contributed by atoms with Crippen LogP contribution in [0.3, 0.4) is 0 Å². The van der Waals surface area contributed by atoms with Crippen LogP contribution in [0.2, 0.25) is 0 Å². The molecule has 22 heavy (non-hydrogen) atoms. The van der Waals surface area contributed by atoms with Crippen LogP contribution in [-0.2, 0) is 19.1 Å². The highest BCUT2D eigenvalue weighted by molar-refractivity contribution is 5.74. The Hall–Kier alpha value is -1.32. The first-order chi connectivity index (χ1) is 10.6. The first kappa shape index (κ1) is 15.6. The maximum Gasteiger partial charge on any atom is 0.309 e. The minimum Gasteiger partial charge on any atom is -0.466 e. The Kier molecular flexibility index (Phi) is 4.84. The highest BCUT2D eigenvalue weighted by atomic mass is 16.5. The standard InChI is InChI=1S/C18H26O4/c1-12(19)21-10-13-2-4-14(5-3-13)11-22-18(20)17-9-15-6-7-16(17)8-15/h6-7,13-17H,2-5,8-11H2,1H3. The van der Waals surface area contributed by atoms with Gasteiger partial charge in [-0.3, -0.25) is 9.59 Å². The molecule has 3 rings (SSSR count). The van der Waals surface area contributed by atoms with E-state index in [4.69, 9.17) is 9.47 Å². The van der Waals surface area contributed by atoms with E-state index in [0.717, 1.165) is 38.5 Å². The van der Waals surface area contributed by atoms with E-state index in [-0.39, 0.29) is 17.9 Å². The maximum atomic E-state index is 12.2. The van der Waals surface area contributed by atoms with Gasteiger partial charge in [0.1, 0.15) is 0 Å². The Morgan fingerprint density at radius 3 is 2.09 bits per heavy atom. The molecule has 0 N–H and O–H groups in total. The number of ether oxygens (including phenoxy) is 2. The molecule has 0 aliphatic heterocycles. The molecular weight excluding hydrogens is 280 g/mol. The molecule has 0 aromatic rings. The lowest BCUT2D eigenvalue weighted by Crippen LogP contribution is -2.27. The van der Waals surface area contributed by atoms with Crippen molar-refractivity contribution >= 4 is 11.9 Å². The summed E-state index contributed by atoms with van der Waals surface area (Å²) in [7, 11) is 0. The van der Waals surface area contributed by atoms with Gasteiger partial charge in [0.05, 0.1) is 19.1 Å². The zero-order valence-electron chi connectivity index (χ0n) is 13.3. The molecule has 3 aliphatic rings. The lowest BCUT2D eigenvalue weighted by Gasteiger charge is -2.28. The molecule has 0 spiro atoms. The van der Waals surface area contributed by atoms with Gasteiger partial charge in [-0.1, -0.05) is 12.2 Å². The van der Waals surface area contributed by atoms with Crippen molar-refractivity contribution in [3.63, 3.8) is 0 Å². The van der Waals surface area contributed by atoms with Crippen LogP contribution in [0, 0.1) is 29.6 Å². The van der Waals surface area contributed by atoms with Gasteiger partial charge >= 0.3 is 11.9 Å². The average Bonchev–Trinajstić information content (AvgIpc) is 3.14. The summed E-state index contributed by atoms with van der Waals surface area (Å²) in [5, 5.41) is 0. The predicted octanol–water partition coefficient (Wildman–Crippen LogP) is 3.11. The Balaban J connectivity index is 1.34. The summed E-state index contributed by atoms with van der Waals surface area (Å²) in [6.07, 6.45) is 10.8. The number of rotatable bonds is 5. The van der Waals surface area contributed by atoms with E-state index in [1.54, 1.807) is 0 Å². The SMILES string of the molecule is CC(=O)OCC1CCC(COC(=O)C2CC3C=CC2C3)CC1. The fourth-order valence-electron chi connectivity index (χ4n) is 4.16. The quantitative estimate of drug-likeness (QED) is 0.578. The number of hydrogen-bond acceptors (Lipinski definition) is 4. The summed E-state index contributed by atoms with van der Waals surface area (Å²) in [5.41, 5.74) is 0. The van der Waals surface area contributed by atoms with E-state index in [2.05, 4.69) is 12.2 Å². The third-order valence-electron chi connectivity index (χ3n) is 5.53. The molecule has 2 saturated carbocycles. The largest absolute Gasteiger partial charge is 0.466 e. The number of fused-ring (bicyclic) bond motifs is 2. The molecule has 4 heteroatoms. The average molecular weight is 306 g/mol. The minimum atomic E-state index is -0.198.